The number of halogens is 2. The van der Waals surface area contributed by atoms with Gasteiger partial charge in [-0.25, -0.2) is 8.78 Å². The van der Waals surface area contributed by atoms with E-state index in [-0.39, 0.29) is 5.91 Å². The van der Waals surface area contributed by atoms with Gasteiger partial charge in [0.15, 0.2) is 0 Å². The molecule has 7 heteroatoms. The summed E-state index contributed by atoms with van der Waals surface area (Å²) in [6.07, 6.45) is 0. The van der Waals surface area contributed by atoms with E-state index in [1.54, 1.807) is 31.2 Å². The minimum Gasteiger partial charge on any atom is -0.326 e. The van der Waals surface area contributed by atoms with Crippen LogP contribution >= 0.6 is 11.8 Å². The van der Waals surface area contributed by atoms with Crippen LogP contribution in [0.3, 0.4) is 0 Å². The molecule has 126 valence electrons. The van der Waals surface area contributed by atoms with Crippen molar-refractivity contribution in [1.82, 2.24) is 0 Å². The Morgan fingerprint density at radius 1 is 1.00 bits per heavy atom. The third kappa shape index (κ3) is 4.79. The van der Waals surface area contributed by atoms with Gasteiger partial charge in [0.25, 0.3) is 0 Å². The highest BCUT2D eigenvalue weighted by Gasteiger charge is 2.18. The molecule has 0 saturated carbocycles. The molecule has 0 bridgehead atoms. The van der Waals surface area contributed by atoms with Crippen LogP contribution in [-0.2, 0) is 9.59 Å². The number of carbonyl (C=O) groups is 2. The first kappa shape index (κ1) is 17.9. The van der Waals surface area contributed by atoms with Crippen molar-refractivity contribution in [1.29, 1.82) is 0 Å². The molecule has 0 heterocycles. The molecule has 1 atom stereocenters. The number of para-hydroxylation sites is 1. The fourth-order valence-electron chi connectivity index (χ4n) is 1.92. The van der Waals surface area contributed by atoms with E-state index in [1.807, 2.05) is 0 Å². The molecule has 0 aliphatic heterocycles. The van der Waals surface area contributed by atoms with E-state index in [4.69, 9.17) is 0 Å². The molecule has 0 radical (unpaired) electrons. The van der Waals surface area contributed by atoms with E-state index >= 15 is 0 Å². The summed E-state index contributed by atoms with van der Waals surface area (Å²) in [6, 6.07) is 10.3. The van der Waals surface area contributed by atoms with Crippen LogP contribution in [0.2, 0.25) is 0 Å². The Morgan fingerprint density at radius 3 is 2.12 bits per heavy atom. The zero-order valence-electron chi connectivity index (χ0n) is 13.1. The van der Waals surface area contributed by atoms with E-state index in [0.717, 1.165) is 17.0 Å². The molecular weight excluding hydrogens is 334 g/mol. The molecular formula is C17H16F2N2O2S. The quantitative estimate of drug-likeness (QED) is 0.800. The van der Waals surface area contributed by atoms with E-state index in [0.29, 0.717) is 5.69 Å². The SMILES string of the molecule is CC(=O)Nc1ccc(S[C@@H](C)C(=O)Nc2c(F)cccc2F)cc1. The van der Waals surface area contributed by atoms with Crippen LogP contribution in [0.4, 0.5) is 20.2 Å². The number of carbonyl (C=O) groups excluding carboxylic acids is 2. The minimum absolute atomic E-state index is 0.171. The monoisotopic (exact) mass is 350 g/mol. The van der Waals surface area contributed by atoms with E-state index in [1.165, 1.54) is 24.8 Å². The van der Waals surface area contributed by atoms with Crippen LogP contribution in [-0.4, -0.2) is 17.1 Å². The summed E-state index contributed by atoms with van der Waals surface area (Å²) >= 11 is 1.24. The van der Waals surface area contributed by atoms with Gasteiger partial charge in [-0.2, -0.15) is 0 Å². The second-order valence-corrected chi connectivity index (χ2v) is 6.47. The molecule has 0 spiro atoms. The zero-order chi connectivity index (χ0) is 17.7. The van der Waals surface area contributed by atoms with E-state index in [2.05, 4.69) is 10.6 Å². The number of amides is 2. The Balaban J connectivity index is 2.00. The van der Waals surface area contributed by atoms with Gasteiger partial charge in [-0.15, -0.1) is 11.8 Å². The van der Waals surface area contributed by atoms with Gasteiger partial charge >= 0.3 is 0 Å². The summed E-state index contributed by atoms with van der Waals surface area (Å²) in [4.78, 5) is 23.9. The predicted octanol–water partition coefficient (Wildman–Crippen LogP) is 4.04. The van der Waals surface area contributed by atoms with Crippen molar-refractivity contribution in [2.24, 2.45) is 0 Å². The Hall–Kier alpha value is -2.41. The van der Waals surface area contributed by atoms with Gasteiger partial charge in [0, 0.05) is 17.5 Å². The van der Waals surface area contributed by atoms with Crippen LogP contribution in [0.15, 0.2) is 47.4 Å². The molecule has 2 aromatic carbocycles. The lowest BCUT2D eigenvalue weighted by atomic mass is 10.3. The number of nitrogens with one attached hydrogen (secondary N) is 2. The lowest BCUT2D eigenvalue weighted by Gasteiger charge is -2.13. The summed E-state index contributed by atoms with van der Waals surface area (Å²) < 4.78 is 27.1. The van der Waals surface area contributed by atoms with Gasteiger partial charge in [0.05, 0.1) is 5.25 Å². The van der Waals surface area contributed by atoms with Crippen molar-refractivity contribution < 1.29 is 18.4 Å². The van der Waals surface area contributed by atoms with Crippen molar-refractivity contribution in [2.75, 3.05) is 10.6 Å². The van der Waals surface area contributed by atoms with Crippen LogP contribution in [0, 0.1) is 11.6 Å². The number of thioether (sulfide) groups is 1. The van der Waals surface area contributed by atoms with Gasteiger partial charge in [0.2, 0.25) is 11.8 Å². The van der Waals surface area contributed by atoms with Gasteiger partial charge in [0.1, 0.15) is 17.3 Å². The highest BCUT2D eigenvalue weighted by Crippen LogP contribution is 2.26. The molecule has 4 nitrogen and oxygen atoms in total. The number of hydrogen-bond acceptors (Lipinski definition) is 3. The van der Waals surface area contributed by atoms with Crippen LogP contribution in [0.25, 0.3) is 0 Å². The maximum atomic E-state index is 13.6. The molecule has 0 aromatic heterocycles. The molecule has 0 aliphatic rings. The number of hydrogen-bond donors (Lipinski definition) is 2. The first-order valence-corrected chi connectivity index (χ1v) is 8.04. The Bertz CT molecular complexity index is 731. The van der Waals surface area contributed by atoms with Crippen LogP contribution in [0.5, 0.6) is 0 Å². The standard InChI is InChI=1S/C17H16F2N2O2S/c1-10(17(23)21-16-14(18)4-3-5-15(16)19)24-13-8-6-12(7-9-13)20-11(2)22/h3-10H,1-2H3,(H,20,22)(H,21,23)/t10-/m0/s1. The molecule has 2 aromatic rings. The molecule has 2 amide bonds. The number of rotatable bonds is 5. The average molecular weight is 350 g/mol. The van der Waals surface area contributed by atoms with Crippen LogP contribution in [0.1, 0.15) is 13.8 Å². The van der Waals surface area contributed by atoms with Crippen molar-refractivity contribution >= 4 is 35.0 Å². The topological polar surface area (TPSA) is 58.2 Å². The predicted molar refractivity (Wildman–Crippen MR) is 91.1 cm³/mol. The molecule has 0 fully saturated rings. The Kier molecular flexibility index (Phi) is 5.92. The molecule has 24 heavy (non-hydrogen) atoms. The smallest absolute Gasteiger partial charge is 0.237 e. The largest absolute Gasteiger partial charge is 0.326 e. The maximum absolute atomic E-state index is 13.6. The molecule has 2 rings (SSSR count). The second kappa shape index (κ2) is 7.92. The lowest BCUT2D eigenvalue weighted by molar-refractivity contribution is -0.115. The summed E-state index contributed by atoms with van der Waals surface area (Å²) in [5.41, 5.74) is 0.202. The molecule has 2 N–H and O–H groups in total. The van der Waals surface area contributed by atoms with Gasteiger partial charge in [-0.05, 0) is 43.3 Å². The van der Waals surface area contributed by atoms with Crippen molar-refractivity contribution in [2.45, 2.75) is 24.0 Å². The third-order valence-electron chi connectivity index (χ3n) is 3.07. The second-order valence-electron chi connectivity index (χ2n) is 5.05. The lowest BCUT2D eigenvalue weighted by Crippen LogP contribution is -2.23. The zero-order valence-corrected chi connectivity index (χ0v) is 13.9. The van der Waals surface area contributed by atoms with Gasteiger partial charge in [-0.1, -0.05) is 6.07 Å². The summed E-state index contributed by atoms with van der Waals surface area (Å²) in [6.45, 7) is 3.05. The van der Waals surface area contributed by atoms with Gasteiger partial charge < -0.3 is 10.6 Å². The summed E-state index contributed by atoms with van der Waals surface area (Å²) in [5, 5.41) is 4.35. The number of benzene rings is 2. The van der Waals surface area contributed by atoms with Gasteiger partial charge in [-0.3, -0.25) is 9.59 Å². The first-order chi connectivity index (χ1) is 11.4. The Morgan fingerprint density at radius 2 is 1.58 bits per heavy atom. The average Bonchev–Trinajstić information content (AvgIpc) is 2.52. The minimum atomic E-state index is -0.819. The Labute approximate surface area is 142 Å². The summed E-state index contributed by atoms with van der Waals surface area (Å²) in [5.74, 6) is -2.31. The fraction of sp³-hybridized carbons (Fsp3) is 0.176. The highest BCUT2D eigenvalue weighted by molar-refractivity contribution is 8.00. The summed E-state index contributed by atoms with van der Waals surface area (Å²) in [7, 11) is 0. The normalized spacial score (nSPS) is 11.7. The van der Waals surface area contributed by atoms with Crippen molar-refractivity contribution in [3.05, 3.63) is 54.1 Å². The van der Waals surface area contributed by atoms with Crippen molar-refractivity contribution in [3.8, 4) is 0 Å². The third-order valence-corrected chi connectivity index (χ3v) is 4.18. The highest BCUT2D eigenvalue weighted by atomic mass is 32.2. The molecule has 0 unspecified atom stereocenters. The fourth-order valence-corrected chi connectivity index (χ4v) is 2.79. The van der Waals surface area contributed by atoms with E-state index < -0.39 is 28.5 Å². The molecule has 0 aliphatic carbocycles. The van der Waals surface area contributed by atoms with Crippen LogP contribution < -0.4 is 10.6 Å². The first-order valence-electron chi connectivity index (χ1n) is 7.16. The van der Waals surface area contributed by atoms with E-state index in [9.17, 15) is 18.4 Å². The molecule has 0 saturated heterocycles. The van der Waals surface area contributed by atoms with Crippen molar-refractivity contribution in [3.63, 3.8) is 0 Å². The maximum Gasteiger partial charge on any atom is 0.237 e. The number of anilines is 2.